The Morgan fingerprint density at radius 2 is 2.54 bits per heavy atom. The van der Waals surface area contributed by atoms with Crippen LogP contribution < -0.4 is 0 Å². The van der Waals surface area contributed by atoms with Crippen LogP contribution in [0, 0.1) is 0 Å². The van der Waals surface area contributed by atoms with Crippen molar-refractivity contribution in [1.82, 2.24) is 4.98 Å². The van der Waals surface area contributed by atoms with E-state index in [9.17, 15) is 4.79 Å². The first kappa shape index (κ1) is 10.2. The lowest BCUT2D eigenvalue weighted by Gasteiger charge is -1.99. The van der Waals surface area contributed by atoms with Crippen molar-refractivity contribution >= 4 is 17.3 Å². The summed E-state index contributed by atoms with van der Waals surface area (Å²) in [5.41, 5.74) is 0. The quantitative estimate of drug-likeness (QED) is 0.681. The largest absolute Gasteiger partial charge is 0.466 e. The lowest BCUT2D eigenvalue weighted by molar-refractivity contribution is -0.143. The van der Waals surface area contributed by atoms with E-state index in [1.165, 1.54) is 0 Å². The summed E-state index contributed by atoms with van der Waals surface area (Å²) in [6.07, 6.45) is 3.97. The second kappa shape index (κ2) is 5.70. The molecule has 13 heavy (non-hydrogen) atoms. The van der Waals surface area contributed by atoms with Crippen molar-refractivity contribution in [3.63, 3.8) is 0 Å². The fourth-order valence-corrected chi connectivity index (χ4v) is 1.66. The van der Waals surface area contributed by atoms with Crippen molar-refractivity contribution in [3.8, 4) is 0 Å². The molecule has 0 amide bonds. The Balaban J connectivity index is 2.11. The first-order chi connectivity index (χ1) is 6.33. The van der Waals surface area contributed by atoms with Gasteiger partial charge in [0.05, 0.1) is 11.6 Å². The van der Waals surface area contributed by atoms with E-state index in [0.29, 0.717) is 13.0 Å². The van der Waals surface area contributed by atoms with Gasteiger partial charge in [-0.2, -0.15) is 0 Å². The van der Waals surface area contributed by atoms with Crippen LogP contribution in [0.3, 0.4) is 0 Å². The summed E-state index contributed by atoms with van der Waals surface area (Å²) >= 11 is 1.62. The van der Waals surface area contributed by atoms with Crippen LogP contribution in [0.4, 0.5) is 0 Å². The summed E-state index contributed by atoms with van der Waals surface area (Å²) in [6, 6.07) is 0. The average Bonchev–Trinajstić information content (AvgIpc) is 2.57. The molecule has 1 aromatic rings. The molecule has 1 aromatic heterocycles. The molecule has 0 N–H and O–H groups in total. The van der Waals surface area contributed by atoms with Gasteiger partial charge in [0.2, 0.25) is 0 Å². The summed E-state index contributed by atoms with van der Waals surface area (Å²) in [7, 11) is 0. The zero-order valence-corrected chi connectivity index (χ0v) is 8.47. The van der Waals surface area contributed by atoms with Gasteiger partial charge in [0.1, 0.15) is 0 Å². The zero-order valence-electron chi connectivity index (χ0n) is 7.66. The average molecular weight is 199 g/mol. The van der Waals surface area contributed by atoms with Gasteiger partial charge < -0.3 is 4.74 Å². The number of aromatic nitrogens is 1. The van der Waals surface area contributed by atoms with Crippen LogP contribution in [0.1, 0.15) is 24.8 Å². The van der Waals surface area contributed by atoms with Gasteiger partial charge in [0, 0.05) is 18.0 Å². The Labute approximate surface area is 81.8 Å². The summed E-state index contributed by atoms with van der Waals surface area (Å²) in [5.74, 6) is -0.112. The number of thiazole rings is 1. The highest BCUT2D eigenvalue weighted by molar-refractivity contribution is 7.09. The predicted molar refractivity (Wildman–Crippen MR) is 51.7 cm³/mol. The number of esters is 1. The molecular formula is C9H13NO2S. The lowest BCUT2D eigenvalue weighted by atomic mass is 10.2. The van der Waals surface area contributed by atoms with Gasteiger partial charge in [-0.05, 0) is 19.8 Å². The third-order valence-corrected chi connectivity index (χ3v) is 2.40. The number of carbonyl (C=O) groups excluding carboxylic acids is 1. The number of carbonyl (C=O) groups is 1. The molecule has 0 spiro atoms. The molecule has 0 unspecified atom stereocenters. The van der Waals surface area contributed by atoms with Crippen LogP contribution in [0.15, 0.2) is 11.6 Å². The molecular weight excluding hydrogens is 186 g/mol. The highest BCUT2D eigenvalue weighted by Crippen LogP contribution is 2.08. The number of hydrogen-bond donors (Lipinski definition) is 0. The second-order valence-electron chi connectivity index (χ2n) is 2.58. The molecule has 0 fully saturated rings. The van der Waals surface area contributed by atoms with Crippen molar-refractivity contribution in [2.45, 2.75) is 26.2 Å². The van der Waals surface area contributed by atoms with Crippen molar-refractivity contribution in [1.29, 1.82) is 0 Å². The van der Waals surface area contributed by atoms with E-state index in [0.717, 1.165) is 17.8 Å². The van der Waals surface area contributed by atoms with Crippen molar-refractivity contribution in [2.24, 2.45) is 0 Å². The second-order valence-corrected chi connectivity index (χ2v) is 3.56. The van der Waals surface area contributed by atoms with Crippen LogP contribution in [0.25, 0.3) is 0 Å². The molecule has 72 valence electrons. The van der Waals surface area contributed by atoms with E-state index < -0.39 is 0 Å². The van der Waals surface area contributed by atoms with E-state index in [2.05, 4.69) is 4.98 Å². The van der Waals surface area contributed by atoms with Crippen molar-refractivity contribution in [3.05, 3.63) is 16.6 Å². The first-order valence-electron chi connectivity index (χ1n) is 4.37. The Bertz CT molecular complexity index is 246. The third kappa shape index (κ3) is 4.03. The SMILES string of the molecule is CCOC(=O)CCCc1nccs1. The normalized spacial score (nSPS) is 9.92. The summed E-state index contributed by atoms with van der Waals surface area (Å²) in [6.45, 7) is 2.29. The van der Waals surface area contributed by atoms with Crippen molar-refractivity contribution < 1.29 is 9.53 Å². The topological polar surface area (TPSA) is 39.2 Å². The van der Waals surface area contributed by atoms with Gasteiger partial charge in [-0.3, -0.25) is 4.79 Å². The molecule has 0 saturated heterocycles. The molecule has 3 nitrogen and oxygen atoms in total. The summed E-state index contributed by atoms with van der Waals surface area (Å²) in [4.78, 5) is 15.1. The molecule has 0 aliphatic carbocycles. The minimum Gasteiger partial charge on any atom is -0.466 e. The molecule has 0 saturated carbocycles. The first-order valence-corrected chi connectivity index (χ1v) is 5.25. The number of hydrogen-bond acceptors (Lipinski definition) is 4. The Morgan fingerprint density at radius 1 is 1.69 bits per heavy atom. The highest BCUT2D eigenvalue weighted by atomic mass is 32.1. The molecule has 0 radical (unpaired) electrons. The smallest absolute Gasteiger partial charge is 0.305 e. The van der Waals surface area contributed by atoms with Gasteiger partial charge in [-0.25, -0.2) is 4.98 Å². The van der Waals surface area contributed by atoms with E-state index in [1.54, 1.807) is 17.5 Å². The predicted octanol–water partition coefficient (Wildman–Crippen LogP) is 2.03. The number of rotatable bonds is 5. The Kier molecular flexibility index (Phi) is 4.46. The number of ether oxygens (including phenoxy) is 1. The Morgan fingerprint density at radius 3 is 3.15 bits per heavy atom. The highest BCUT2D eigenvalue weighted by Gasteiger charge is 2.02. The molecule has 1 rings (SSSR count). The van der Waals surface area contributed by atoms with Gasteiger partial charge in [-0.15, -0.1) is 11.3 Å². The van der Waals surface area contributed by atoms with E-state index in [1.807, 2.05) is 12.3 Å². The van der Waals surface area contributed by atoms with Crippen molar-refractivity contribution in [2.75, 3.05) is 6.61 Å². The lowest BCUT2D eigenvalue weighted by Crippen LogP contribution is -2.03. The molecule has 0 atom stereocenters. The van der Waals surface area contributed by atoms with E-state index in [-0.39, 0.29) is 5.97 Å². The van der Waals surface area contributed by atoms with Crippen LogP contribution in [-0.4, -0.2) is 17.6 Å². The molecule has 4 heteroatoms. The minimum atomic E-state index is -0.112. The third-order valence-electron chi connectivity index (χ3n) is 1.56. The zero-order chi connectivity index (χ0) is 9.52. The maximum absolute atomic E-state index is 10.9. The van der Waals surface area contributed by atoms with Gasteiger partial charge in [-0.1, -0.05) is 0 Å². The molecule has 0 aliphatic rings. The Hall–Kier alpha value is -0.900. The van der Waals surface area contributed by atoms with Gasteiger partial charge in [0.25, 0.3) is 0 Å². The molecule has 0 bridgehead atoms. The molecule has 0 aliphatic heterocycles. The van der Waals surface area contributed by atoms with Crippen LogP contribution in [-0.2, 0) is 16.0 Å². The molecule has 0 aromatic carbocycles. The van der Waals surface area contributed by atoms with Crippen LogP contribution >= 0.6 is 11.3 Å². The number of aryl methyl sites for hydroxylation is 1. The van der Waals surface area contributed by atoms with E-state index >= 15 is 0 Å². The fraction of sp³-hybridized carbons (Fsp3) is 0.556. The van der Waals surface area contributed by atoms with Crippen LogP contribution in [0.2, 0.25) is 0 Å². The van der Waals surface area contributed by atoms with Gasteiger partial charge in [0.15, 0.2) is 0 Å². The fourth-order valence-electron chi connectivity index (χ4n) is 0.994. The summed E-state index contributed by atoms with van der Waals surface area (Å²) in [5, 5.41) is 3.03. The maximum Gasteiger partial charge on any atom is 0.305 e. The van der Waals surface area contributed by atoms with Crippen LogP contribution in [0.5, 0.6) is 0 Å². The summed E-state index contributed by atoms with van der Waals surface area (Å²) < 4.78 is 4.81. The van der Waals surface area contributed by atoms with E-state index in [4.69, 9.17) is 4.74 Å². The molecule has 1 heterocycles. The number of nitrogens with zero attached hydrogens (tertiary/aromatic N) is 1. The monoisotopic (exact) mass is 199 g/mol. The maximum atomic E-state index is 10.9. The minimum absolute atomic E-state index is 0.112. The van der Waals surface area contributed by atoms with Gasteiger partial charge >= 0.3 is 5.97 Å². The standard InChI is InChI=1S/C9H13NO2S/c1-2-12-9(11)5-3-4-8-10-6-7-13-8/h6-7H,2-5H2,1H3.